The standard InChI is InChI=1S/C60H39N/c1-2-13-54(14-3-1)61-59-33-31-52(38-57(59)58-39-53(32-34-60(58)61)43-21-24-45(25-22-43)56-16-8-12-44-10-6-7-15-55(44)56)42-19-17-41(18-20-42)47-27-28-50-37-51(30-29-49(50)36-47)48-26-23-40-9-4-5-11-46(40)35-48/h1-39H. The summed E-state index contributed by atoms with van der Waals surface area (Å²) in [6.45, 7) is 0. The minimum atomic E-state index is 1.16. The number of benzene rings is 11. The summed E-state index contributed by atoms with van der Waals surface area (Å²) in [5.74, 6) is 0. The molecule has 0 fully saturated rings. The van der Waals surface area contributed by atoms with Gasteiger partial charge in [0.15, 0.2) is 0 Å². The molecule has 1 heteroatoms. The molecule has 61 heavy (non-hydrogen) atoms. The minimum Gasteiger partial charge on any atom is -0.309 e. The molecule has 0 aliphatic rings. The SMILES string of the molecule is c1ccc(-n2c3ccc(-c4ccc(-c5ccc6cc(-c7ccc8ccccc8c7)ccc6c5)cc4)cc3c3cc(-c4ccc(-c5cccc6ccccc56)cc4)ccc32)cc1. The second kappa shape index (κ2) is 14.4. The van der Waals surface area contributed by atoms with Crippen LogP contribution in [0.4, 0.5) is 0 Å². The van der Waals surface area contributed by atoms with Crippen molar-refractivity contribution in [2.45, 2.75) is 0 Å². The quantitative estimate of drug-likeness (QED) is 0.159. The number of para-hydroxylation sites is 1. The molecule has 0 saturated carbocycles. The maximum Gasteiger partial charge on any atom is 0.0541 e. The molecule has 0 saturated heterocycles. The first-order valence-electron chi connectivity index (χ1n) is 21.1. The highest BCUT2D eigenvalue weighted by atomic mass is 15.0. The third-order valence-corrected chi connectivity index (χ3v) is 12.6. The molecule has 0 N–H and O–H groups in total. The molecule has 12 rings (SSSR count). The summed E-state index contributed by atoms with van der Waals surface area (Å²) in [5.41, 5.74) is 15.8. The highest BCUT2D eigenvalue weighted by Gasteiger charge is 2.15. The fraction of sp³-hybridized carbons (Fsp3) is 0. The van der Waals surface area contributed by atoms with E-state index in [1.165, 1.54) is 110 Å². The first-order valence-corrected chi connectivity index (χ1v) is 21.1. The first kappa shape index (κ1) is 35.0. The van der Waals surface area contributed by atoms with E-state index in [-0.39, 0.29) is 0 Å². The summed E-state index contributed by atoms with van der Waals surface area (Å²) in [7, 11) is 0. The van der Waals surface area contributed by atoms with Gasteiger partial charge in [0.05, 0.1) is 11.0 Å². The fourth-order valence-corrected chi connectivity index (χ4v) is 9.39. The lowest BCUT2D eigenvalue weighted by Gasteiger charge is -2.10. The van der Waals surface area contributed by atoms with E-state index in [4.69, 9.17) is 0 Å². The lowest BCUT2D eigenvalue weighted by atomic mass is 9.95. The first-order chi connectivity index (χ1) is 30.2. The molecule has 11 aromatic carbocycles. The second-order valence-corrected chi connectivity index (χ2v) is 16.2. The van der Waals surface area contributed by atoms with E-state index < -0.39 is 0 Å². The smallest absolute Gasteiger partial charge is 0.0541 e. The monoisotopic (exact) mass is 773 g/mol. The minimum absolute atomic E-state index is 1.16. The van der Waals surface area contributed by atoms with Gasteiger partial charge in [-0.2, -0.15) is 0 Å². The van der Waals surface area contributed by atoms with Crippen molar-refractivity contribution in [2.75, 3.05) is 0 Å². The van der Waals surface area contributed by atoms with Gasteiger partial charge in [0.25, 0.3) is 0 Å². The Morgan fingerprint density at radius 3 is 1.20 bits per heavy atom. The number of fused-ring (bicyclic) bond motifs is 6. The zero-order chi connectivity index (χ0) is 40.3. The number of rotatable bonds is 6. The van der Waals surface area contributed by atoms with Crippen molar-refractivity contribution in [3.63, 3.8) is 0 Å². The predicted molar refractivity (Wildman–Crippen MR) is 260 cm³/mol. The molecule has 12 aromatic rings. The molecule has 284 valence electrons. The third kappa shape index (κ3) is 6.18. The van der Waals surface area contributed by atoms with Crippen LogP contribution in [0.5, 0.6) is 0 Å². The number of hydrogen-bond acceptors (Lipinski definition) is 0. The molecular weight excluding hydrogens is 735 g/mol. The third-order valence-electron chi connectivity index (χ3n) is 12.6. The van der Waals surface area contributed by atoms with Crippen LogP contribution in [0.2, 0.25) is 0 Å². The maximum atomic E-state index is 2.40. The Kier molecular flexibility index (Phi) is 8.25. The lowest BCUT2D eigenvalue weighted by molar-refractivity contribution is 1.18. The van der Waals surface area contributed by atoms with Crippen molar-refractivity contribution in [3.8, 4) is 61.3 Å². The van der Waals surface area contributed by atoms with Crippen LogP contribution in [-0.2, 0) is 0 Å². The Hall–Kier alpha value is -8.00. The Balaban J connectivity index is 0.882. The van der Waals surface area contributed by atoms with Crippen molar-refractivity contribution < 1.29 is 0 Å². The average molecular weight is 774 g/mol. The Bertz CT molecular complexity index is 3610. The van der Waals surface area contributed by atoms with E-state index in [1.807, 2.05) is 0 Å². The molecule has 0 amide bonds. The molecular formula is C60H39N. The Labute approximate surface area is 355 Å². The second-order valence-electron chi connectivity index (χ2n) is 16.2. The van der Waals surface area contributed by atoms with Gasteiger partial charge in [0.1, 0.15) is 0 Å². The zero-order valence-electron chi connectivity index (χ0n) is 33.5. The van der Waals surface area contributed by atoms with E-state index in [1.54, 1.807) is 0 Å². The van der Waals surface area contributed by atoms with Gasteiger partial charge in [-0.3, -0.25) is 0 Å². The van der Waals surface area contributed by atoms with Crippen LogP contribution in [0, 0.1) is 0 Å². The van der Waals surface area contributed by atoms with Gasteiger partial charge in [-0.15, -0.1) is 0 Å². The molecule has 0 radical (unpaired) electrons. The predicted octanol–water partition coefficient (Wildman–Crippen LogP) is 16.6. The van der Waals surface area contributed by atoms with Gasteiger partial charge >= 0.3 is 0 Å². The van der Waals surface area contributed by atoms with Gasteiger partial charge in [-0.25, -0.2) is 0 Å². The Morgan fingerprint density at radius 1 is 0.213 bits per heavy atom. The van der Waals surface area contributed by atoms with Crippen LogP contribution in [0.15, 0.2) is 237 Å². The van der Waals surface area contributed by atoms with Gasteiger partial charge in [-0.05, 0) is 143 Å². The molecule has 0 bridgehead atoms. The van der Waals surface area contributed by atoms with Crippen molar-refractivity contribution >= 4 is 54.1 Å². The maximum absolute atomic E-state index is 2.40. The van der Waals surface area contributed by atoms with Crippen LogP contribution in [-0.4, -0.2) is 4.57 Å². The summed E-state index contributed by atoms with van der Waals surface area (Å²) < 4.78 is 2.40. The van der Waals surface area contributed by atoms with Gasteiger partial charge in [0, 0.05) is 16.5 Å². The van der Waals surface area contributed by atoms with Crippen molar-refractivity contribution in [1.82, 2.24) is 4.57 Å². The molecule has 1 aromatic heterocycles. The fourth-order valence-electron chi connectivity index (χ4n) is 9.39. The number of hydrogen-bond donors (Lipinski definition) is 0. The summed E-state index contributed by atoms with van der Waals surface area (Å²) in [4.78, 5) is 0. The molecule has 0 aliphatic heterocycles. The molecule has 1 heterocycles. The molecule has 0 spiro atoms. The van der Waals surface area contributed by atoms with Crippen LogP contribution in [0.3, 0.4) is 0 Å². The van der Waals surface area contributed by atoms with E-state index in [0.717, 1.165) is 5.69 Å². The van der Waals surface area contributed by atoms with Crippen molar-refractivity contribution in [3.05, 3.63) is 237 Å². The molecule has 0 unspecified atom stereocenters. The Morgan fingerprint density at radius 2 is 0.607 bits per heavy atom. The summed E-state index contributed by atoms with van der Waals surface area (Å²) in [6, 6.07) is 86.8. The largest absolute Gasteiger partial charge is 0.309 e. The van der Waals surface area contributed by atoms with Gasteiger partial charge in [-0.1, -0.05) is 182 Å². The molecule has 0 atom stereocenters. The van der Waals surface area contributed by atoms with Crippen molar-refractivity contribution in [1.29, 1.82) is 0 Å². The van der Waals surface area contributed by atoms with Gasteiger partial charge < -0.3 is 4.57 Å². The lowest BCUT2D eigenvalue weighted by Crippen LogP contribution is -1.93. The highest BCUT2D eigenvalue weighted by Crippen LogP contribution is 2.39. The molecule has 1 nitrogen and oxygen atoms in total. The van der Waals surface area contributed by atoms with E-state index in [9.17, 15) is 0 Å². The summed E-state index contributed by atoms with van der Waals surface area (Å²) in [5, 5.41) is 10.0. The highest BCUT2D eigenvalue weighted by molar-refractivity contribution is 6.12. The summed E-state index contributed by atoms with van der Waals surface area (Å²) in [6.07, 6.45) is 0. The summed E-state index contributed by atoms with van der Waals surface area (Å²) >= 11 is 0. The van der Waals surface area contributed by atoms with E-state index in [0.29, 0.717) is 0 Å². The van der Waals surface area contributed by atoms with Gasteiger partial charge in [0.2, 0.25) is 0 Å². The zero-order valence-corrected chi connectivity index (χ0v) is 33.5. The normalized spacial score (nSPS) is 11.6. The molecule has 0 aliphatic carbocycles. The van der Waals surface area contributed by atoms with Crippen LogP contribution >= 0.6 is 0 Å². The van der Waals surface area contributed by atoms with Crippen LogP contribution < -0.4 is 0 Å². The van der Waals surface area contributed by atoms with Crippen molar-refractivity contribution in [2.24, 2.45) is 0 Å². The van der Waals surface area contributed by atoms with Crippen LogP contribution in [0.1, 0.15) is 0 Å². The van der Waals surface area contributed by atoms with E-state index >= 15 is 0 Å². The number of aromatic nitrogens is 1. The topological polar surface area (TPSA) is 4.93 Å². The number of nitrogens with zero attached hydrogens (tertiary/aromatic N) is 1. The average Bonchev–Trinajstić information content (AvgIpc) is 3.66. The van der Waals surface area contributed by atoms with Crippen LogP contribution in [0.25, 0.3) is 115 Å². The van der Waals surface area contributed by atoms with E-state index in [2.05, 4.69) is 241 Å².